The predicted molar refractivity (Wildman–Crippen MR) is 127 cm³/mol. The van der Waals surface area contributed by atoms with Gasteiger partial charge in [0, 0.05) is 16.5 Å². The third-order valence-electron chi connectivity index (χ3n) is 5.49. The van der Waals surface area contributed by atoms with Crippen LogP contribution in [0.2, 0.25) is 0 Å². The number of aryl methyl sites for hydroxylation is 1. The fraction of sp³-hybridized carbons (Fsp3) is 0.179. The molecule has 0 fully saturated rings. The van der Waals surface area contributed by atoms with Crippen LogP contribution in [0.3, 0.4) is 0 Å². The molecule has 1 aromatic heterocycles. The lowest BCUT2D eigenvalue weighted by Gasteiger charge is -2.12. The van der Waals surface area contributed by atoms with Gasteiger partial charge in [-0.3, -0.25) is 4.79 Å². The lowest BCUT2D eigenvalue weighted by molar-refractivity contribution is 0.0476. The molecule has 0 saturated carbocycles. The molecule has 0 atom stereocenters. The van der Waals surface area contributed by atoms with Gasteiger partial charge in [0.2, 0.25) is 0 Å². The number of rotatable bonds is 6. The van der Waals surface area contributed by atoms with Crippen LogP contribution in [0.25, 0.3) is 22.2 Å². The second-order valence-electron chi connectivity index (χ2n) is 8.22. The van der Waals surface area contributed by atoms with Crippen LogP contribution < -0.4 is 0 Å². The molecular weight excluding hydrogens is 398 g/mol. The molecule has 0 radical (unpaired) electrons. The molecule has 3 aromatic carbocycles. The first-order valence-corrected chi connectivity index (χ1v) is 10.7. The molecule has 0 aliphatic carbocycles. The summed E-state index contributed by atoms with van der Waals surface area (Å²) < 4.78 is 5.42. The second-order valence-corrected chi connectivity index (χ2v) is 8.22. The van der Waals surface area contributed by atoms with Crippen molar-refractivity contribution in [3.05, 3.63) is 101 Å². The number of benzene rings is 3. The number of hydrogen-bond donors (Lipinski definition) is 0. The summed E-state index contributed by atoms with van der Waals surface area (Å²) in [5.74, 6) is -0.338. The number of nitrogens with zero attached hydrogens (tertiary/aromatic N) is 1. The molecule has 4 heteroatoms. The molecule has 0 aliphatic heterocycles. The number of aromatic nitrogens is 1. The van der Waals surface area contributed by atoms with Crippen molar-refractivity contribution in [1.82, 2.24) is 4.98 Å². The zero-order chi connectivity index (χ0) is 22.7. The van der Waals surface area contributed by atoms with Crippen molar-refractivity contribution in [2.75, 3.05) is 6.61 Å². The number of carbonyl (C=O) groups excluding carboxylic acids is 2. The molecule has 4 nitrogen and oxygen atoms in total. The van der Waals surface area contributed by atoms with E-state index in [9.17, 15) is 9.59 Å². The molecule has 4 aromatic rings. The highest BCUT2D eigenvalue weighted by Gasteiger charge is 2.17. The van der Waals surface area contributed by atoms with E-state index in [0.29, 0.717) is 33.6 Å². The molecule has 0 aliphatic rings. The number of hydrogen-bond acceptors (Lipinski definition) is 4. The maximum Gasteiger partial charge on any atom is 0.339 e. The summed E-state index contributed by atoms with van der Waals surface area (Å²) in [6, 6.07) is 24.6. The van der Waals surface area contributed by atoms with E-state index < -0.39 is 5.97 Å². The highest BCUT2D eigenvalue weighted by atomic mass is 16.5. The van der Waals surface area contributed by atoms with E-state index in [1.54, 1.807) is 30.3 Å². The van der Waals surface area contributed by atoms with Crippen molar-refractivity contribution in [2.45, 2.75) is 26.7 Å². The smallest absolute Gasteiger partial charge is 0.339 e. The van der Waals surface area contributed by atoms with E-state index in [1.807, 2.05) is 43.3 Å². The van der Waals surface area contributed by atoms with Crippen LogP contribution in [0.15, 0.2) is 78.9 Å². The Kier molecular flexibility index (Phi) is 6.13. The molecule has 0 spiro atoms. The van der Waals surface area contributed by atoms with Crippen molar-refractivity contribution in [3.8, 4) is 11.3 Å². The molecule has 4 rings (SSSR count). The minimum absolute atomic E-state index is 0.238. The fourth-order valence-electron chi connectivity index (χ4n) is 3.61. The van der Waals surface area contributed by atoms with Gasteiger partial charge in [0.05, 0.1) is 16.8 Å². The molecule has 32 heavy (non-hydrogen) atoms. The number of ketones is 1. The molecule has 0 N–H and O–H groups in total. The number of esters is 1. The SMILES string of the molecule is Cc1ccc2nc(-c3ccc(C(C)C)cc3)cc(C(=O)OCC(=O)c3ccccc3)c2c1. The molecule has 0 saturated heterocycles. The number of pyridine rings is 1. The van der Waals surface area contributed by atoms with E-state index in [0.717, 1.165) is 11.1 Å². The van der Waals surface area contributed by atoms with Crippen LogP contribution >= 0.6 is 0 Å². The maximum atomic E-state index is 13.0. The average molecular weight is 424 g/mol. The first kappa shape index (κ1) is 21.4. The van der Waals surface area contributed by atoms with E-state index in [2.05, 4.69) is 26.0 Å². The van der Waals surface area contributed by atoms with Crippen LogP contribution in [0.4, 0.5) is 0 Å². The largest absolute Gasteiger partial charge is 0.454 e. The second kappa shape index (κ2) is 9.15. The molecule has 1 heterocycles. The Hall–Kier alpha value is -3.79. The first-order valence-electron chi connectivity index (χ1n) is 10.7. The summed E-state index contributed by atoms with van der Waals surface area (Å²) in [6.45, 7) is 5.95. The Labute approximate surface area is 187 Å². The summed E-state index contributed by atoms with van der Waals surface area (Å²) in [5, 5.41) is 0.713. The topological polar surface area (TPSA) is 56.3 Å². The Bertz CT molecular complexity index is 1280. The van der Waals surface area contributed by atoms with Gasteiger partial charge < -0.3 is 4.74 Å². The van der Waals surface area contributed by atoms with Crippen molar-refractivity contribution in [1.29, 1.82) is 0 Å². The van der Waals surface area contributed by atoms with Crippen molar-refractivity contribution < 1.29 is 14.3 Å². The van der Waals surface area contributed by atoms with Crippen LogP contribution in [-0.2, 0) is 4.74 Å². The van der Waals surface area contributed by atoms with Crippen LogP contribution in [0, 0.1) is 6.92 Å². The van der Waals surface area contributed by atoms with Crippen molar-refractivity contribution in [3.63, 3.8) is 0 Å². The first-order chi connectivity index (χ1) is 15.4. The van der Waals surface area contributed by atoms with Gasteiger partial charge in [-0.25, -0.2) is 9.78 Å². The van der Waals surface area contributed by atoms with Crippen LogP contribution in [-0.4, -0.2) is 23.3 Å². The van der Waals surface area contributed by atoms with Gasteiger partial charge in [-0.2, -0.15) is 0 Å². The highest BCUT2D eigenvalue weighted by Crippen LogP contribution is 2.27. The summed E-state index contributed by atoms with van der Waals surface area (Å²) in [6.07, 6.45) is 0. The Morgan fingerprint density at radius 1 is 0.906 bits per heavy atom. The van der Waals surface area contributed by atoms with Gasteiger partial charge in [0.25, 0.3) is 0 Å². The van der Waals surface area contributed by atoms with Crippen molar-refractivity contribution >= 4 is 22.7 Å². The number of fused-ring (bicyclic) bond motifs is 1. The summed E-state index contributed by atoms with van der Waals surface area (Å²) in [4.78, 5) is 30.2. The zero-order valence-corrected chi connectivity index (χ0v) is 18.5. The van der Waals surface area contributed by atoms with Crippen LogP contribution in [0.5, 0.6) is 0 Å². The molecule has 0 bridgehead atoms. The monoisotopic (exact) mass is 423 g/mol. The Morgan fingerprint density at radius 3 is 2.31 bits per heavy atom. The van der Waals surface area contributed by atoms with E-state index in [1.165, 1.54) is 5.56 Å². The standard InChI is InChI=1S/C28H25NO3/c1-18(2)20-10-12-21(13-11-20)26-16-24(23-15-19(3)9-14-25(23)29-26)28(31)32-17-27(30)22-7-5-4-6-8-22/h4-16,18H,17H2,1-3H3. The highest BCUT2D eigenvalue weighted by molar-refractivity contribution is 6.06. The van der Waals surface area contributed by atoms with E-state index in [4.69, 9.17) is 9.72 Å². The fourth-order valence-corrected chi connectivity index (χ4v) is 3.61. The average Bonchev–Trinajstić information content (AvgIpc) is 2.82. The van der Waals surface area contributed by atoms with E-state index >= 15 is 0 Å². The summed E-state index contributed by atoms with van der Waals surface area (Å²) in [5.41, 5.74) is 5.50. The van der Waals surface area contributed by atoms with Crippen LogP contribution in [0.1, 0.15) is 51.6 Å². The lowest BCUT2D eigenvalue weighted by atomic mass is 9.99. The molecular formula is C28H25NO3. The van der Waals surface area contributed by atoms with Gasteiger partial charge in [0.15, 0.2) is 12.4 Å². The third-order valence-corrected chi connectivity index (χ3v) is 5.49. The molecule has 160 valence electrons. The van der Waals surface area contributed by atoms with Gasteiger partial charge in [-0.05, 0) is 36.6 Å². The van der Waals surface area contributed by atoms with Gasteiger partial charge in [-0.1, -0.05) is 80.1 Å². The summed E-state index contributed by atoms with van der Waals surface area (Å²) in [7, 11) is 0. The lowest BCUT2D eigenvalue weighted by Crippen LogP contribution is -2.15. The molecule has 0 unspecified atom stereocenters. The molecule has 0 amide bonds. The quantitative estimate of drug-likeness (QED) is 0.267. The van der Waals surface area contributed by atoms with E-state index in [-0.39, 0.29) is 12.4 Å². The zero-order valence-electron chi connectivity index (χ0n) is 18.5. The minimum Gasteiger partial charge on any atom is -0.454 e. The van der Waals surface area contributed by atoms with Gasteiger partial charge in [-0.15, -0.1) is 0 Å². The minimum atomic E-state index is -0.535. The Morgan fingerprint density at radius 2 is 1.62 bits per heavy atom. The number of Topliss-reactive ketones (excluding diaryl/α,β-unsaturated/α-hetero) is 1. The van der Waals surface area contributed by atoms with Gasteiger partial charge >= 0.3 is 5.97 Å². The summed E-state index contributed by atoms with van der Waals surface area (Å²) >= 11 is 0. The normalized spacial score (nSPS) is 11.0. The van der Waals surface area contributed by atoms with Gasteiger partial charge in [0.1, 0.15) is 0 Å². The predicted octanol–water partition coefficient (Wildman–Crippen LogP) is 6.37. The van der Waals surface area contributed by atoms with Crippen molar-refractivity contribution in [2.24, 2.45) is 0 Å². The number of carbonyl (C=O) groups is 2. The third kappa shape index (κ3) is 4.59. The Balaban J connectivity index is 1.68. The maximum absolute atomic E-state index is 13.0. The number of ether oxygens (including phenoxy) is 1.